The highest BCUT2D eigenvalue weighted by molar-refractivity contribution is 5.97. The first-order valence-corrected chi connectivity index (χ1v) is 8.97. The molecule has 26 heavy (non-hydrogen) atoms. The molecule has 2 aromatic rings. The second kappa shape index (κ2) is 7.40. The van der Waals surface area contributed by atoms with Crippen LogP contribution in [0.2, 0.25) is 0 Å². The highest BCUT2D eigenvalue weighted by Gasteiger charge is 2.30. The molecule has 1 amide bonds. The van der Waals surface area contributed by atoms with Crippen molar-refractivity contribution in [2.75, 3.05) is 13.7 Å². The Balaban J connectivity index is 1.71. The average Bonchev–Trinajstić information content (AvgIpc) is 2.95. The van der Waals surface area contributed by atoms with E-state index in [9.17, 15) is 9.59 Å². The monoisotopic (exact) mass is 359 g/mol. The number of likely N-dealkylation sites (tertiary alicyclic amines) is 1. The third kappa shape index (κ3) is 3.41. The van der Waals surface area contributed by atoms with Crippen LogP contribution in [0.15, 0.2) is 22.6 Å². The predicted molar refractivity (Wildman–Crippen MR) is 97.4 cm³/mol. The topological polar surface area (TPSA) is 69.0 Å². The van der Waals surface area contributed by atoms with Gasteiger partial charge in [0, 0.05) is 23.0 Å². The molecule has 0 N–H and O–H groups in total. The van der Waals surface area contributed by atoms with Gasteiger partial charge in [-0.25, -0.2) is 4.79 Å². The Labute approximate surface area is 153 Å². The number of fused-ring (bicyclic) bond motifs is 1. The quantitative estimate of drug-likeness (QED) is 0.779. The van der Waals surface area contributed by atoms with Crippen LogP contribution in [0.3, 0.4) is 0 Å². The maximum atomic E-state index is 12.5. The lowest BCUT2D eigenvalue weighted by Gasteiger charge is -2.38. The van der Waals surface area contributed by atoms with Crippen molar-refractivity contribution in [1.82, 2.24) is 4.90 Å². The zero-order valence-electron chi connectivity index (χ0n) is 15.7. The van der Waals surface area contributed by atoms with Crippen LogP contribution < -0.4 is 4.74 Å². The summed E-state index contributed by atoms with van der Waals surface area (Å²) in [5, 5.41) is 0.793. The number of esters is 1. The van der Waals surface area contributed by atoms with Gasteiger partial charge in [0.25, 0.3) is 5.91 Å². The van der Waals surface area contributed by atoms with Crippen molar-refractivity contribution in [2.45, 2.75) is 52.1 Å². The van der Waals surface area contributed by atoms with Crippen LogP contribution in [0.25, 0.3) is 11.0 Å². The Morgan fingerprint density at radius 1 is 1.23 bits per heavy atom. The Kier molecular flexibility index (Phi) is 5.20. The van der Waals surface area contributed by atoms with Gasteiger partial charge in [-0.1, -0.05) is 0 Å². The number of methoxy groups -OCH3 is 1. The summed E-state index contributed by atoms with van der Waals surface area (Å²) < 4.78 is 16.1. The number of benzene rings is 1. The molecule has 0 unspecified atom stereocenters. The van der Waals surface area contributed by atoms with Crippen molar-refractivity contribution < 1.29 is 23.5 Å². The molecule has 0 spiro atoms. The number of ether oxygens (including phenoxy) is 2. The number of furan rings is 1. The average molecular weight is 359 g/mol. The molecular weight excluding hydrogens is 334 g/mol. The van der Waals surface area contributed by atoms with Crippen molar-refractivity contribution in [3.63, 3.8) is 0 Å². The predicted octanol–water partition coefficient (Wildman–Crippen LogP) is 3.70. The molecule has 6 nitrogen and oxygen atoms in total. The number of hydrogen-bond donors (Lipinski definition) is 0. The smallest absolute Gasteiger partial charge is 0.375 e. The number of rotatable bonds is 4. The number of amides is 1. The van der Waals surface area contributed by atoms with E-state index in [1.807, 2.05) is 24.8 Å². The number of hydrogen-bond acceptors (Lipinski definition) is 5. The first-order chi connectivity index (χ1) is 12.4. The summed E-state index contributed by atoms with van der Waals surface area (Å²) >= 11 is 0. The molecule has 1 aliphatic heterocycles. The number of carbonyl (C=O) groups is 2. The van der Waals surface area contributed by atoms with E-state index < -0.39 is 5.97 Å². The van der Waals surface area contributed by atoms with Crippen LogP contribution >= 0.6 is 0 Å². The van der Waals surface area contributed by atoms with Crippen molar-refractivity contribution >= 4 is 22.8 Å². The lowest BCUT2D eigenvalue weighted by molar-refractivity contribution is -0.140. The summed E-state index contributed by atoms with van der Waals surface area (Å²) in [6.45, 7) is 5.59. The molecule has 140 valence electrons. The van der Waals surface area contributed by atoms with Gasteiger partial charge in [0.05, 0.1) is 7.11 Å². The third-order valence-electron chi connectivity index (χ3n) is 5.14. The summed E-state index contributed by atoms with van der Waals surface area (Å²) in [5.41, 5.74) is 1.26. The lowest BCUT2D eigenvalue weighted by atomic mass is 9.97. The van der Waals surface area contributed by atoms with Crippen LogP contribution in [-0.2, 0) is 9.53 Å². The first-order valence-electron chi connectivity index (χ1n) is 8.97. The molecule has 1 aromatic carbocycles. The molecule has 2 heterocycles. The molecule has 0 bridgehead atoms. The largest absolute Gasteiger partial charge is 0.497 e. The normalized spacial score (nSPS) is 20.2. The van der Waals surface area contributed by atoms with Crippen molar-refractivity contribution in [3.8, 4) is 5.75 Å². The van der Waals surface area contributed by atoms with Gasteiger partial charge in [-0.3, -0.25) is 4.79 Å². The third-order valence-corrected chi connectivity index (χ3v) is 5.14. The van der Waals surface area contributed by atoms with Gasteiger partial charge in [-0.05, 0) is 58.2 Å². The highest BCUT2D eigenvalue weighted by atomic mass is 16.5. The summed E-state index contributed by atoms with van der Waals surface area (Å²) in [6.07, 6.45) is 3.08. The molecule has 1 aromatic heterocycles. The standard InChI is InChI=1S/C20H25NO5/c1-12-6-5-7-13(2)21(12)18(22)11-25-20(23)19-14(3)16-10-15(24-4)8-9-17(16)26-19/h8-10,12-13H,5-7,11H2,1-4H3/t12-,13-/m1/s1. The molecule has 3 rings (SSSR count). The SMILES string of the molecule is COc1ccc2oc(C(=O)OCC(=O)N3[C@H](C)CCC[C@H]3C)c(C)c2c1. The highest BCUT2D eigenvalue weighted by Crippen LogP contribution is 2.29. The van der Waals surface area contributed by atoms with Gasteiger partial charge in [-0.15, -0.1) is 0 Å². The van der Waals surface area contributed by atoms with Gasteiger partial charge in [-0.2, -0.15) is 0 Å². The van der Waals surface area contributed by atoms with Gasteiger partial charge in [0.1, 0.15) is 11.3 Å². The van der Waals surface area contributed by atoms with Crippen LogP contribution in [0.4, 0.5) is 0 Å². The fraction of sp³-hybridized carbons (Fsp3) is 0.500. The van der Waals surface area contributed by atoms with Gasteiger partial charge in [0.2, 0.25) is 5.76 Å². The van der Waals surface area contributed by atoms with Crippen molar-refractivity contribution in [3.05, 3.63) is 29.5 Å². The summed E-state index contributed by atoms with van der Waals surface area (Å²) in [5.74, 6) is 0.0298. The maximum absolute atomic E-state index is 12.5. The lowest BCUT2D eigenvalue weighted by Crippen LogP contribution is -2.49. The van der Waals surface area contributed by atoms with E-state index >= 15 is 0 Å². The minimum Gasteiger partial charge on any atom is -0.497 e. The van der Waals surface area contributed by atoms with E-state index in [0.29, 0.717) is 16.9 Å². The molecular formula is C20H25NO5. The Bertz CT molecular complexity index is 815. The van der Waals surface area contributed by atoms with Crippen LogP contribution in [0.5, 0.6) is 5.75 Å². The van der Waals surface area contributed by atoms with Crippen molar-refractivity contribution in [2.24, 2.45) is 0 Å². The molecule has 6 heteroatoms. The number of carbonyl (C=O) groups excluding carboxylic acids is 2. The minimum absolute atomic E-state index is 0.126. The Hall–Kier alpha value is -2.50. The summed E-state index contributed by atoms with van der Waals surface area (Å²) in [6, 6.07) is 5.67. The molecule has 1 aliphatic rings. The second-order valence-electron chi connectivity index (χ2n) is 6.92. The number of aryl methyl sites for hydroxylation is 1. The molecule has 1 saturated heterocycles. The molecule has 0 aliphatic carbocycles. The zero-order valence-corrected chi connectivity index (χ0v) is 15.7. The van der Waals surface area contributed by atoms with E-state index in [2.05, 4.69) is 0 Å². The molecule has 0 saturated carbocycles. The summed E-state index contributed by atoms with van der Waals surface area (Å²) in [4.78, 5) is 26.7. The van der Waals surface area contributed by atoms with E-state index in [0.717, 1.165) is 24.6 Å². The first kappa shape index (κ1) is 18.3. The van der Waals surface area contributed by atoms with Crippen LogP contribution in [0, 0.1) is 6.92 Å². The van der Waals surface area contributed by atoms with Gasteiger partial charge >= 0.3 is 5.97 Å². The molecule has 1 fully saturated rings. The molecule has 0 radical (unpaired) electrons. The zero-order chi connectivity index (χ0) is 18.8. The van der Waals surface area contributed by atoms with E-state index in [1.54, 1.807) is 26.2 Å². The minimum atomic E-state index is -0.622. The van der Waals surface area contributed by atoms with E-state index in [-0.39, 0.29) is 30.4 Å². The Morgan fingerprint density at radius 2 is 1.92 bits per heavy atom. The van der Waals surface area contributed by atoms with Crippen LogP contribution in [-0.4, -0.2) is 42.6 Å². The fourth-order valence-electron chi connectivity index (χ4n) is 3.70. The van der Waals surface area contributed by atoms with Crippen LogP contribution in [0.1, 0.15) is 49.2 Å². The second-order valence-corrected chi connectivity index (χ2v) is 6.92. The van der Waals surface area contributed by atoms with E-state index in [4.69, 9.17) is 13.9 Å². The number of piperidine rings is 1. The summed E-state index contributed by atoms with van der Waals surface area (Å²) in [7, 11) is 1.58. The number of nitrogens with zero attached hydrogens (tertiary/aromatic N) is 1. The fourth-order valence-corrected chi connectivity index (χ4v) is 3.70. The van der Waals surface area contributed by atoms with Gasteiger partial charge < -0.3 is 18.8 Å². The Morgan fingerprint density at radius 3 is 2.58 bits per heavy atom. The molecule has 2 atom stereocenters. The van der Waals surface area contributed by atoms with Crippen molar-refractivity contribution in [1.29, 1.82) is 0 Å². The van der Waals surface area contributed by atoms with Gasteiger partial charge in [0.15, 0.2) is 6.61 Å². The van der Waals surface area contributed by atoms with E-state index in [1.165, 1.54) is 0 Å². The maximum Gasteiger partial charge on any atom is 0.375 e.